The van der Waals surface area contributed by atoms with Crippen LogP contribution < -0.4 is 20.1 Å². The molecule has 0 spiro atoms. The van der Waals surface area contributed by atoms with Gasteiger partial charge in [-0.25, -0.2) is 9.59 Å². The van der Waals surface area contributed by atoms with E-state index in [-0.39, 0.29) is 6.03 Å². The van der Waals surface area contributed by atoms with Crippen molar-refractivity contribution in [3.63, 3.8) is 0 Å². The highest BCUT2D eigenvalue weighted by molar-refractivity contribution is 5.96. The van der Waals surface area contributed by atoms with Crippen LogP contribution in [-0.2, 0) is 0 Å². The van der Waals surface area contributed by atoms with Gasteiger partial charge in [-0.1, -0.05) is 13.0 Å². The molecule has 0 saturated heterocycles. The number of carbonyl (C=O) groups is 2. The van der Waals surface area contributed by atoms with E-state index in [0.29, 0.717) is 29.4 Å². The predicted octanol–water partition coefficient (Wildman–Crippen LogP) is 3.93. The lowest BCUT2D eigenvalue weighted by Gasteiger charge is -2.08. The van der Waals surface area contributed by atoms with Crippen LogP contribution in [0.15, 0.2) is 48.5 Å². The number of benzene rings is 2. The third kappa shape index (κ3) is 4.58. The summed E-state index contributed by atoms with van der Waals surface area (Å²) in [5, 5.41) is 6.30. The molecule has 1 aromatic heterocycles. The van der Waals surface area contributed by atoms with Crippen molar-refractivity contribution in [1.29, 1.82) is 0 Å². The van der Waals surface area contributed by atoms with Gasteiger partial charge in [0.2, 0.25) is 0 Å². The van der Waals surface area contributed by atoms with Gasteiger partial charge in [-0.3, -0.25) is 0 Å². The molecule has 1 heterocycles. The van der Waals surface area contributed by atoms with Crippen molar-refractivity contribution in [2.24, 2.45) is 0 Å². The fourth-order valence-corrected chi connectivity index (χ4v) is 2.56. The Labute approximate surface area is 156 Å². The number of carbonyl (C=O) groups excluding carboxylic acids is 2. The third-order valence-corrected chi connectivity index (χ3v) is 3.89. The Morgan fingerprint density at radius 3 is 2.70 bits per heavy atom. The summed E-state index contributed by atoms with van der Waals surface area (Å²) >= 11 is 0. The first-order chi connectivity index (χ1) is 13.1. The van der Waals surface area contributed by atoms with Crippen molar-refractivity contribution in [2.75, 3.05) is 19.0 Å². The van der Waals surface area contributed by atoms with E-state index in [9.17, 15) is 9.59 Å². The number of rotatable bonds is 6. The van der Waals surface area contributed by atoms with Crippen LogP contribution in [0, 0.1) is 0 Å². The zero-order valence-corrected chi connectivity index (χ0v) is 15.2. The standard InChI is InChI=1S/C20H21N3O4/c1-3-9-21-20(25)22-14-5-4-6-16(11-14)27-19(24)18-10-13-7-8-15(26-2)12-17(13)23-18/h4-8,10-12,23H,3,9H2,1-2H3,(H2,21,22,25). The molecule has 3 aromatic rings. The monoisotopic (exact) mass is 367 g/mol. The number of hydrogen-bond acceptors (Lipinski definition) is 4. The van der Waals surface area contributed by atoms with Crippen molar-refractivity contribution in [1.82, 2.24) is 10.3 Å². The van der Waals surface area contributed by atoms with Crippen LogP contribution in [-0.4, -0.2) is 30.6 Å². The summed E-state index contributed by atoms with van der Waals surface area (Å²) < 4.78 is 10.6. The third-order valence-electron chi connectivity index (χ3n) is 3.89. The number of urea groups is 1. The maximum atomic E-state index is 12.4. The highest BCUT2D eigenvalue weighted by Crippen LogP contribution is 2.23. The van der Waals surface area contributed by atoms with Gasteiger partial charge in [0.1, 0.15) is 17.2 Å². The molecule has 2 amide bonds. The molecule has 27 heavy (non-hydrogen) atoms. The van der Waals surface area contributed by atoms with E-state index in [2.05, 4.69) is 15.6 Å². The Balaban J connectivity index is 1.70. The van der Waals surface area contributed by atoms with Gasteiger partial charge in [-0.15, -0.1) is 0 Å². The summed E-state index contributed by atoms with van der Waals surface area (Å²) in [4.78, 5) is 27.2. The van der Waals surface area contributed by atoms with Crippen molar-refractivity contribution in [2.45, 2.75) is 13.3 Å². The molecular weight excluding hydrogens is 346 g/mol. The predicted molar refractivity (Wildman–Crippen MR) is 104 cm³/mol. The topological polar surface area (TPSA) is 92.5 Å². The summed E-state index contributed by atoms with van der Waals surface area (Å²) in [6.07, 6.45) is 0.849. The fourth-order valence-electron chi connectivity index (χ4n) is 2.56. The summed E-state index contributed by atoms with van der Waals surface area (Å²) in [6.45, 7) is 2.56. The highest BCUT2D eigenvalue weighted by atomic mass is 16.5. The number of amides is 2. The summed E-state index contributed by atoms with van der Waals surface area (Å²) in [6, 6.07) is 13.6. The van der Waals surface area contributed by atoms with Gasteiger partial charge in [0.05, 0.1) is 7.11 Å². The quantitative estimate of drug-likeness (QED) is 0.455. The van der Waals surface area contributed by atoms with Crippen molar-refractivity contribution < 1.29 is 19.1 Å². The first-order valence-corrected chi connectivity index (χ1v) is 8.63. The lowest BCUT2D eigenvalue weighted by atomic mass is 10.2. The number of anilines is 1. The van der Waals surface area contributed by atoms with Crippen molar-refractivity contribution >= 4 is 28.6 Å². The zero-order valence-electron chi connectivity index (χ0n) is 15.2. The van der Waals surface area contributed by atoms with Crippen LogP contribution in [0.5, 0.6) is 11.5 Å². The molecule has 7 nitrogen and oxygen atoms in total. The molecule has 140 valence electrons. The summed E-state index contributed by atoms with van der Waals surface area (Å²) in [5.74, 6) is 0.520. The first-order valence-electron chi connectivity index (χ1n) is 8.63. The SMILES string of the molecule is CCCNC(=O)Nc1cccc(OC(=O)c2cc3ccc(OC)cc3[nH]2)c1. The van der Waals surface area contributed by atoms with E-state index in [4.69, 9.17) is 9.47 Å². The molecule has 0 saturated carbocycles. The number of aromatic amines is 1. The Morgan fingerprint density at radius 1 is 1.07 bits per heavy atom. The minimum atomic E-state index is -0.516. The number of methoxy groups -OCH3 is 1. The van der Waals surface area contributed by atoms with Gasteiger partial charge >= 0.3 is 12.0 Å². The second-order valence-corrected chi connectivity index (χ2v) is 5.93. The van der Waals surface area contributed by atoms with Crippen molar-refractivity contribution in [3.05, 3.63) is 54.2 Å². The van der Waals surface area contributed by atoms with Crippen LogP contribution in [0.25, 0.3) is 10.9 Å². The molecule has 2 aromatic carbocycles. The molecule has 0 bridgehead atoms. The number of esters is 1. The molecule has 3 rings (SSSR count). The van der Waals surface area contributed by atoms with Crippen LogP contribution >= 0.6 is 0 Å². The Kier molecular flexibility index (Phi) is 5.61. The molecular formula is C20H21N3O4. The van der Waals surface area contributed by atoms with Crippen molar-refractivity contribution in [3.8, 4) is 11.5 Å². The molecule has 7 heteroatoms. The van der Waals surface area contributed by atoms with Gasteiger partial charge in [-0.05, 0) is 36.8 Å². The lowest BCUT2D eigenvalue weighted by Crippen LogP contribution is -2.29. The second-order valence-electron chi connectivity index (χ2n) is 5.93. The minimum absolute atomic E-state index is 0.301. The van der Waals surface area contributed by atoms with E-state index in [0.717, 1.165) is 17.3 Å². The summed E-state index contributed by atoms with van der Waals surface area (Å²) in [5.41, 5.74) is 1.65. The number of H-pyrrole nitrogens is 1. The maximum absolute atomic E-state index is 12.4. The van der Waals surface area contributed by atoms with Gasteiger partial charge in [0, 0.05) is 35.3 Å². The van der Waals surface area contributed by atoms with Crippen LogP contribution in [0.4, 0.5) is 10.5 Å². The molecule has 0 aliphatic carbocycles. The Morgan fingerprint density at radius 2 is 1.93 bits per heavy atom. The molecule has 0 atom stereocenters. The lowest BCUT2D eigenvalue weighted by molar-refractivity contribution is 0.0729. The minimum Gasteiger partial charge on any atom is -0.497 e. The van der Waals surface area contributed by atoms with E-state index in [1.54, 1.807) is 37.4 Å². The average molecular weight is 367 g/mol. The smallest absolute Gasteiger partial charge is 0.360 e. The molecule has 0 aliphatic rings. The Hall–Kier alpha value is -3.48. The molecule has 0 radical (unpaired) electrons. The second kappa shape index (κ2) is 8.27. The van der Waals surface area contributed by atoms with Crippen LogP contribution in [0.2, 0.25) is 0 Å². The van der Waals surface area contributed by atoms with E-state index in [1.807, 2.05) is 25.1 Å². The van der Waals surface area contributed by atoms with Crippen LogP contribution in [0.3, 0.4) is 0 Å². The summed E-state index contributed by atoms with van der Waals surface area (Å²) in [7, 11) is 1.59. The first kappa shape index (κ1) is 18.3. The zero-order chi connectivity index (χ0) is 19.2. The van der Waals surface area contributed by atoms with Gasteiger partial charge < -0.3 is 25.1 Å². The normalized spacial score (nSPS) is 10.4. The van der Waals surface area contributed by atoms with E-state index in [1.165, 1.54) is 0 Å². The van der Waals surface area contributed by atoms with Gasteiger partial charge in [0.25, 0.3) is 0 Å². The molecule has 0 fully saturated rings. The molecule has 3 N–H and O–H groups in total. The number of hydrogen-bond donors (Lipinski definition) is 3. The van der Waals surface area contributed by atoms with Crippen LogP contribution in [0.1, 0.15) is 23.8 Å². The van der Waals surface area contributed by atoms with E-state index >= 15 is 0 Å². The maximum Gasteiger partial charge on any atom is 0.360 e. The molecule has 0 aliphatic heterocycles. The largest absolute Gasteiger partial charge is 0.497 e. The van der Waals surface area contributed by atoms with E-state index < -0.39 is 5.97 Å². The van der Waals surface area contributed by atoms with Gasteiger partial charge in [0.15, 0.2) is 0 Å². The number of fused-ring (bicyclic) bond motifs is 1. The average Bonchev–Trinajstić information content (AvgIpc) is 3.10. The fraction of sp³-hybridized carbons (Fsp3) is 0.200. The van der Waals surface area contributed by atoms with Gasteiger partial charge in [-0.2, -0.15) is 0 Å². The number of ether oxygens (including phenoxy) is 2. The molecule has 0 unspecified atom stereocenters. The highest BCUT2D eigenvalue weighted by Gasteiger charge is 2.13. The number of nitrogens with one attached hydrogen (secondary N) is 3. The Bertz CT molecular complexity index is 965. The number of aromatic nitrogens is 1.